The van der Waals surface area contributed by atoms with Crippen molar-refractivity contribution < 1.29 is 19.1 Å². The zero-order chi connectivity index (χ0) is 13.0. The lowest BCUT2D eigenvalue weighted by Gasteiger charge is -2.08. The van der Waals surface area contributed by atoms with E-state index in [1.807, 2.05) is 0 Å². The molecule has 0 fully saturated rings. The first-order valence-electron chi connectivity index (χ1n) is 5.52. The molecule has 0 spiro atoms. The molecule has 0 saturated heterocycles. The number of hydrogen-bond donors (Lipinski definition) is 1. The van der Waals surface area contributed by atoms with Gasteiger partial charge in [0.15, 0.2) is 11.5 Å². The Kier molecular flexibility index (Phi) is 6.47. The maximum Gasteiger partial charge on any atom is 0.313 e. The smallest absolute Gasteiger partial charge is 0.313 e. The first-order valence-corrected chi connectivity index (χ1v) is 5.52. The molecule has 0 aliphatic carbocycles. The van der Waals surface area contributed by atoms with Crippen LogP contribution >= 0.6 is 12.4 Å². The molecule has 0 unspecified atom stereocenters. The van der Waals surface area contributed by atoms with Gasteiger partial charge in [-0.1, -0.05) is 27.7 Å². The highest BCUT2D eigenvalue weighted by molar-refractivity contribution is 5.85. The number of carbonyl (C=O) groups is 2. The molecule has 1 aromatic heterocycles. The second kappa shape index (κ2) is 7.06. The summed E-state index contributed by atoms with van der Waals surface area (Å²) in [5.41, 5.74) is 0. The summed E-state index contributed by atoms with van der Waals surface area (Å²) in [6.45, 7) is 6.92. The van der Waals surface area contributed by atoms with E-state index in [2.05, 4.69) is 4.98 Å². The van der Waals surface area contributed by atoms with Gasteiger partial charge in [-0.05, 0) is 0 Å². The molecule has 0 radical (unpaired) electrons. The third kappa shape index (κ3) is 4.41. The van der Waals surface area contributed by atoms with Gasteiger partial charge in [0.2, 0.25) is 0 Å². The Bertz CT molecular complexity index is 375. The summed E-state index contributed by atoms with van der Waals surface area (Å²) in [6, 6.07) is 0. The van der Waals surface area contributed by atoms with Gasteiger partial charge < -0.3 is 14.5 Å². The van der Waals surface area contributed by atoms with Gasteiger partial charge in [-0.3, -0.25) is 9.59 Å². The van der Waals surface area contributed by atoms with Crippen molar-refractivity contribution in [2.75, 3.05) is 0 Å². The molecular formula is C12H18ClNO4. The summed E-state index contributed by atoms with van der Waals surface area (Å²) in [6.07, 6.45) is 2.95. The molecule has 1 aromatic rings. The Labute approximate surface area is 112 Å². The molecule has 0 bridgehead atoms. The predicted octanol–water partition coefficient (Wildman–Crippen LogP) is 2.56. The summed E-state index contributed by atoms with van der Waals surface area (Å²) >= 11 is 0. The molecule has 0 amide bonds. The van der Waals surface area contributed by atoms with Crippen molar-refractivity contribution in [3.63, 3.8) is 0 Å². The Hall–Kier alpha value is -1.49. The van der Waals surface area contributed by atoms with E-state index in [1.165, 1.54) is 12.4 Å². The number of carbonyl (C=O) groups excluding carboxylic acids is 2. The van der Waals surface area contributed by atoms with Crippen molar-refractivity contribution in [1.82, 2.24) is 4.98 Å². The van der Waals surface area contributed by atoms with Crippen molar-refractivity contribution in [2.24, 2.45) is 11.8 Å². The van der Waals surface area contributed by atoms with Crippen LogP contribution in [0.2, 0.25) is 0 Å². The monoisotopic (exact) mass is 275 g/mol. The number of halogens is 1. The van der Waals surface area contributed by atoms with Crippen molar-refractivity contribution in [3.05, 3.63) is 12.4 Å². The maximum absolute atomic E-state index is 11.4. The second-order valence-corrected chi connectivity index (χ2v) is 4.34. The largest absolute Gasteiger partial charge is 0.421 e. The molecule has 0 saturated carbocycles. The normalized spacial score (nSPS) is 10.1. The van der Waals surface area contributed by atoms with Gasteiger partial charge in [0, 0.05) is 12.4 Å². The van der Waals surface area contributed by atoms with Gasteiger partial charge in [-0.25, -0.2) is 0 Å². The van der Waals surface area contributed by atoms with Crippen LogP contribution in [0.1, 0.15) is 27.7 Å². The standard InChI is InChI=1S/C12H17NO4.ClH/c1-7(2)11(14)16-9-5-13-6-10(9)17-12(15)8(3)4;/h5-8,13H,1-4H3;1H. The molecule has 1 N–H and O–H groups in total. The van der Waals surface area contributed by atoms with Crippen LogP contribution in [0.5, 0.6) is 11.5 Å². The van der Waals surface area contributed by atoms with E-state index in [0.29, 0.717) is 0 Å². The van der Waals surface area contributed by atoms with Gasteiger partial charge in [0.05, 0.1) is 11.8 Å². The molecular weight excluding hydrogens is 258 g/mol. The molecule has 5 nitrogen and oxygen atoms in total. The Balaban J connectivity index is 0.00000289. The van der Waals surface area contributed by atoms with Gasteiger partial charge >= 0.3 is 11.9 Å². The third-order valence-corrected chi connectivity index (χ3v) is 2.04. The maximum atomic E-state index is 11.4. The topological polar surface area (TPSA) is 68.4 Å². The minimum absolute atomic E-state index is 0. The fourth-order valence-electron chi connectivity index (χ4n) is 0.947. The molecule has 1 rings (SSSR count). The number of esters is 2. The molecule has 6 heteroatoms. The molecule has 0 aliphatic rings. The minimum atomic E-state index is -0.369. The van der Waals surface area contributed by atoms with Crippen molar-refractivity contribution >= 4 is 24.3 Å². The SMILES string of the molecule is CC(C)C(=O)Oc1c[nH]cc1OC(=O)C(C)C.Cl. The van der Waals surface area contributed by atoms with Crippen LogP contribution in [-0.2, 0) is 9.59 Å². The van der Waals surface area contributed by atoms with Crippen LogP contribution in [-0.4, -0.2) is 16.9 Å². The van der Waals surface area contributed by atoms with E-state index in [-0.39, 0.29) is 47.7 Å². The lowest BCUT2D eigenvalue weighted by atomic mass is 10.2. The lowest BCUT2D eigenvalue weighted by molar-refractivity contribution is -0.140. The Morgan fingerprint density at radius 3 is 1.56 bits per heavy atom. The number of aromatic nitrogens is 1. The molecule has 18 heavy (non-hydrogen) atoms. The summed E-state index contributed by atoms with van der Waals surface area (Å²) in [4.78, 5) is 25.5. The van der Waals surface area contributed by atoms with E-state index in [1.54, 1.807) is 27.7 Å². The summed E-state index contributed by atoms with van der Waals surface area (Å²) < 4.78 is 10.2. The quantitative estimate of drug-likeness (QED) is 0.858. The van der Waals surface area contributed by atoms with E-state index >= 15 is 0 Å². The average Bonchev–Trinajstić information content (AvgIpc) is 2.65. The lowest BCUT2D eigenvalue weighted by Crippen LogP contribution is -2.17. The number of H-pyrrole nitrogens is 1. The van der Waals surface area contributed by atoms with Gasteiger partial charge in [-0.15, -0.1) is 12.4 Å². The van der Waals surface area contributed by atoms with Crippen LogP contribution in [0.25, 0.3) is 0 Å². The molecule has 0 aliphatic heterocycles. The third-order valence-electron chi connectivity index (χ3n) is 2.04. The molecule has 1 heterocycles. The number of hydrogen-bond acceptors (Lipinski definition) is 4. The highest BCUT2D eigenvalue weighted by atomic mass is 35.5. The van der Waals surface area contributed by atoms with Crippen molar-refractivity contribution in [2.45, 2.75) is 27.7 Å². The predicted molar refractivity (Wildman–Crippen MR) is 69.0 cm³/mol. The number of ether oxygens (including phenoxy) is 2. The van der Waals surface area contributed by atoms with E-state index in [0.717, 1.165) is 0 Å². The summed E-state index contributed by atoms with van der Waals surface area (Å²) in [7, 11) is 0. The fourth-order valence-corrected chi connectivity index (χ4v) is 0.947. The fraction of sp³-hybridized carbons (Fsp3) is 0.500. The van der Waals surface area contributed by atoms with Crippen molar-refractivity contribution in [3.8, 4) is 11.5 Å². The minimum Gasteiger partial charge on any atom is -0.421 e. The second-order valence-electron chi connectivity index (χ2n) is 4.34. The van der Waals surface area contributed by atoms with Crippen LogP contribution in [0.15, 0.2) is 12.4 Å². The first kappa shape index (κ1) is 16.5. The van der Waals surface area contributed by atoms with Crippen LogP contribution in [0.4, 0.5) is 0 Å². The van der Waals surface area contributed by atoms with E-state index < -0.39 is 0 Å². The summed E-state index contributed by atoms with van der Waals surface area (Å²) in [5, 5.41) is 0. The highest BCUT2D eigenvalue weighted by Crippen LogP contribution is 2.27. The zero-order valence-electron chi connectivity index (χ0n) is 10.9. The van der Waals surface area contributed by atoms with Crippen LogP contribution < -0.4 is 9.47 Å². The molecule has 102 valence electrons. The van der Waals surface area contributed by atoms with Crippen molar-refractivity contribution in [1.29, 1.82) is 0 Å². The average molecular weight is 276 g/mol. The number of nitrogens with one attached hydrogen (secondary N) is 1. The Morgan fingerprint density at radius 1 is 0.944 bits per heavy atom. The first-order chi connectivity index (χ1) is 7.91. The van der Waals surface area contributed by atoms with Gasteiger partial charge in [0.1, 0.15) is 0 Å². The van der Waals surface area contributed by atoms with Crippen LogP contribution in [0, 0.1) is 11.8 Å². The van der Waals surface area contributed by atoms with E-state index in [9.17, 15) is 9.59 Å². The summed E-state index contributed by atoms with van der Waals surface area (Å²) in [5.74, 6) is -0.745. The van der Waals surface area contributed by atoms with Crippen LogP contribution in [0.3, 0.4) is 0 Å². The Morgan fingerprint density at radius 2 is 1.28 bits per heavy atom. The number of rotatable bonds is 4. The van der Waals surface area contributed by atoms with Gasteiger partial charge in [-0.2, -0.15) is 0 Å². The zero-order valence-corrected chi connectivity index (χ0v) is 11.7. The molecule has 0 aromatic carbocycles. The number of aromatic amines is 1. The molecule has 0 atom stereocenters. The van der Waals surface area contributed by atoms with E-state index in [4.69, 9.17) is 9.47 Å². The highest BCUT2D eigenvalue weighted by Gasteiger charge is 2.17. The van der Waals surface area contributed by atoms with Gasteiger partial charge in [0.25, 0.3) is 0 Å².